The zero-order valence-electron chi connectivity index (χ0n) is 20.9. The van der Waals surface area contributed by atoms with Gasteiger partial charge in [0.15, 0.2) is 23.1 Å². The van der Waals surface area contributed by atoms with Crippen LogP contribution in [0.2, 0.25) is 0 Å². The molecule has 198 valence electrons. The van der Waals surface area contributed by atoms with E-state index in [4.69, 9.17) is 9.47 Å². The highest BCUT2D eigenvalue weighted by atomic mass is 79.9. The minimum absolute atomic E-state index is 0.0513. The maximum absolute atomic E-state index is 13.8. The molecule has 10 nitrogen and oxygen atoms in total. The number of phenols is 1. The average Bonchev–Trinajstić information content (AvgIpc) is 3.20. The largest absolute Gasteiger partial charge is 0.502 e. The monoisotopic (exact) mass is 591 g/mol. The predicted molar refractivity (Wildman–Crippen MR) is 144 cm³/mol. The number of rotatable bonds is 4. The summed E-state index contributed by atoms with van der Waals surface area (Å²) in [4.78, 5) is 53.9. The topological polar surface area (TPSA) is 122 Å². The zero-order chi connectivity index (χ0) is 27.6. The van der Waals surface area contributed by atoms with Crippen molar-refractivity contribution in [3.63, 3.8) is 0 Å². The number of para-hydroxylation sites is 1. The van der Waals surface area contributed by atoms with Gasteiger partial charge in [-0.3, -0.25) is 9.59 Å². The number of methoxy groups -OCH3 is 2. The van der Waals surface area contributed by atoms with E-state index in [1.165, 1.54) is 29.7 Å². The number of hydrogen-bond acceptors (Lipinski definition) is 7. The quantitative estimate of drug-likeness (QED) is 0.365. The number of fused-ring (bicyclic) bond motifs is 3. The summed E-state index contributed by atoms with van der Waals surface area (Å²) in [6.07, 6.45) is 3.13. The van der Waals surface area contributed by atoms with Gasteiger partial charge >= 0.3 is 11.4 Å². The fourth-order valence-electron chi connectivity index (χ4n) is 5.74. The van der Waals surface area contributed by atoms with Crippen LogP contribution < -0.4 is 20.9 Å². The molecular formula is C28H22BrN3O7. The van der Waals surface area contributed by atoms with Crippen molar-refractivity contribution >= 4 is 27.5 Å². The van der Waals surface area contributed by atoms with Gasteiger partial charge in [-0.1, -0.05) is 24.3 Å². The lowest BCUT2D eigenvalue weighted by molar-refractivity contribution is -0.115. The average molecular weight is 592 g/mol. The number of nitrogens with zero attached hydrogens (tertiary/aromatic N) is 3. The summed E-state index contributed by atoms with van der Waals surface area (Å²) in [6.45, 7) is 0.0902. The van der Waals surface area contributed by atoms with Crippen LogP contribution in [0.4, 0.5) is 0 Å². The summed E-state index contributed by atoms with van der Waals surface area (Å²) in [5.74, 6) is -1.42. The normalized spacial score (nSPS) is 20.1. The fraction of sp³-hybridized carbons (Fsp3) is 0.214. The van der Waals surface area contributed by atoms with E-state index >= 15 is 0 Å². The molecule has 2 atom stereocenters. The number of halogens is 1. The van der Waals surface area contributed by atoms with Crippen LogP contribution in [0.15, 0.2) is 85.4 Å². The van der Waals surface area contributed by atoms with Crippen molar-refractivity contribution in [1.29, 1.82) is 0 Å². The molecular weight excluding hydrogens is 570 g/mol. The SMILES string of the molecule is COc1cc(C2C3=CCn4c(=O)n(-c5ccccc5)c(=O)n4C3CC3=C2C(=O)C=C(Br)C3=O)cc(OC)c1O. The van der Waals surface area contributed by atoms with E-state index in [0.29, 0.717) is 16.8 Å². The van der Waals surface area contributed by atoms with Gasteiger partial charge in [-0.25, -0.2) is 23.5 Å². The van der Waals surface area contributed by atoms with Gasteiger partial charge in [0.25, 0.3) is 0 Å². The lowest BCUT2D eigenvalue weighted by Crippen LogP contribution is -2.40. The Labute approximate surface area is 229 Å². The van der Waals surface area contributed by atoms with E-state index in [9.17, 15) is 24.3 Å². The van der Waals surface area contributed by atoms with Gasteiger partial charge in [0.2, 0.25) is 5.75 Å². The number of carbonyl (C=O) groups excluding carboxylic acids is 2. The number of benzene rings is 2. The molecule has 0 fully saturated rings. The molecule has 6 rings (SSSR count). The van der Waals surface area contributed by atoms with E-state index in [-0.39, 0.29) is 57.4 Å². The third-order valence-corrected chi connectivity index (χ3v) is 8.04. The van der Waals surface area contributed by atoms with Gasteiger partial charge in [-0.05, 0) is 51.3 Å². The second-order valence-electron chi connectivity index (χ2n) is 9.37. The first kappa shape index (κ1) is 24.9. The predicted octanol–water partition coefficient (Wildman–Crippen LogP) is 2.92. The van der Waals surface area contributed by atoms with E-state index < -0.39 is 23.3 Å². The van der Waals surface area contributed by atoms with Gasteiger partial charge in [0.05, 0.1) is 37.0 Å². The molecule has 0 saturated carbocycles. The van der Waals surface area contributed by atoms with Crippen molar-refractivity contribution in [1.82, 2.24) is 13.9 Å². The minimum Gasteiger partial charge on any atom is -0.502 e. The van der Waals surface area contributed by atoms with Crippen LogP contribution >= 0.6 is 15.9 Å². The summed E-state index contributed by atoms with van der Waals surface area (Å²) < 4.78 is 14.7. The third kappa shape index (κ3) is 3.60. The van der Waals surface area contributed by atoms with E-state index in [0.717, 1.165) is 4.57 Å². The van der Waals surface area contributed by atoms with E-state index in [1.54, 1.807) is 42.5 Å². The van der Waals surface area contributed by atoms with E-state index in [1.807, 2.05) is 6.08 Å². The van der Waals surface area contributed by atoms with Crippen molar-refractivity contribution in [2.45, 2.75) is 24.9 Å². The highest BCUT2D eigenvalue weighted by Crippen LogP contribution is 2.52. The first-order valence-corrected chi connectivity index (χ1v) is 12.9. The molecule has 11 heteroatoms. The molecule has 0 saturated heterocycles. The molecule has 2 heterocycles. The Morgan fingerprint density at radius 2 is 1.64 bits per heavy atom. The van der Waals surface area contributed by atoms with Crippen LogP contribution in [0.25, 0.3) is 5.69 Å². The molecule has 2 aliphatic carbocycles. The molecule has 0 spiro atoms. The van der Waals surface area contributed by atoms with Crippen LogP contribution in [0.3, 0.4) is 0 Å². The Bertz CT molecular complexity index is 1760. The number of hydrogen-bond donors (Lipinski definition) is 1. The maximum Gasteiger partial charge on any atom is 0.352 e. The van der Waals surface area contributed by atoms with Crippen molar-refractivity contribution in [3.8, 4) is 22.9 Å². The van der Waals surface area contributed by atoms with Crippen molar-refractivity contribution < 1.29 is 24.2 Å². The van der Waals surface area contributed by atoms with Crippen LogP contribution in [0.5, 0.6) is 17.2 Å². The smallest absolute Gasteiger partial charge is 0.352 e. The van der Waals surface area contributed by atoms with Crippen LogP contribution in [-0.4, -0.2) is 44.8 Å². The summed E-state index contributed by atoms with van der Waals surface area (Å²) in [6, 6.07) is 11.1. The standard InChI is InChI=1S/C28H22BrN3O7/c1-38-21-10-14(11-22(39-2)26(21)35)23-16-8-9-30-27(36)31(15-6-4-3-5-7-15)28(37)32(30)19(16)12-17-24(23)20(33)13-18(29)25(17)34/h3-8,10-11,13,19,23,35H,9,12H2,1-2H3. The number of ketones is 2. The summed E-state index contributed by atoms with van der Waals surface area (Å²) >= 11 is 3.21. The molecule has 2 aromatic carbocycles. The highest BCUT2D eigenvalue weighted by molar-refractivity contribution is 9.12. The van der Waals surface area contributed by atoms with Crippen LogP contribution in [0, 0.1) is 0 Å². The molecule has 0 amide bonds. The molecule has 0 bridgehead atoms. The van der Waals surface area contributed by atoms with Gasteiger partial charge in [0.1, 0.15) is 0 Å². The van der Waals surface area contributed by atoms with Crippen molar-refractivity contribution in [2.24, 2.45) is 0 Å². The first-order valence-electron chi connectivity index (χ1n) is 12.1. The summed E-state index contributed by atoms with van der Waals surface area (Å²) in [7, 11) is 2.79. The molecule has 0 radical (unpaired) electrons. The molecule has 3 aliphatic rings. The molecule has 39 heavy (non-hydrogen) atoms. The number of ether oxygens (including phenoxy) is 2. The molecule has 1 aliphatic heterocycles. The Balaban J connectivity index is 1.61. The number of allylic oxidation sites excluding steroid dienone is 6. The number of aromatic nitrogens is 3. The number of carbonyl (C=O) groups is 2. The van der Waals surface area contributed by atoms with Crippen LogP contribution in [0.1, 0.15) is 23.9 Å². The lowest BCUT2D eigenvalue weighted by Gasteiger charge is -2.39. The Kier molecular flexibility index (Phi) is 5.83. The van der Waals surface area contributed by atoms with Crippen molar-refractivity contribution in [3.05, 3.63) is 102 Å². The molecule has 1 aromatic heterocycles. The van der Waals surface area contributed by atoms with Gasteiger partial charge in [-0.2, -0.15) is 0 Å². The molecule has 3 aromatic rings. The second-order valence-corrected chi connectivity index (χ2v) is 10.2. The minimum atomic E-state index is -0.758. The van der Waals surface area contributed by atoms with Crippen LogP contribution in [-0.2, 0) is 16.1 Å². The molecule has 1 N–H and O–H groups in total. The van der Waals surface area contributed by atoms with Gasteiger partial charge in [0, 0.05) is 29.6 Å². The summed E-state index contributed by atoms with van der Waals surface area (Å²) in [5, 5.41) is 10.5. The Morgan fingerprint density at radius 3 is 2.28 bits per heavy atom. The number of aromatic hydroxyl groups is 1. The number of phenolic OH excluding ortho intramolecular Hbond substituents is 1. The van der Waals surface area contributed by atoms with Gasteiger partial charge < -0.3 is 14.6 Å². The first-order chi connectivity index (χ1) is 18.8. The van der Waals surface area contributed by atoms with Crippen molar-refractivity contribution in [2.75, 3.05) is 14.2 Å². The Morgan fingerprint density at radius 1 is 0.974 bits per heavy atom. The highest BCUT2D eigenvalue weighted by Gasteiger charge is 2.45. The number of Topliss-reactive ketones (excluding diaryl/α,β-unsaturated/α-hetero) is 1. The fourth-order valence-corrected chi connectivity index (χ4v) is 6.18. The van der Waals surface area contributed by atoms with E-state index in [2.05, 4.69) is 15.9 Å². The second kappa shape index (κ2) is 9.12. The Hall–Kier alpha value is -4.38. The lowest BCUT2D eigenvalue weighted by atomic mass is 9.69. The molecule has 2 unspecified atom stereocenters. The summed E-state index contributed by atoms with van der Waals surface area (Å²) in [5.41, 5.74) is 1.14. The third-order valence-electron chi connectivity index (χ3n) is 7.45. The van der Waals surface area contributed by atoms with Gasteiger partial charge in [-0.15, -0.1) is 0 Å². The maximum atomic E-state index is 13.8. The zero-order valence-corrected chi connectivity index (χ0v) is 22.5.